The van der Waals surface area contributed by atoms with Gasteiger partial charge in [0, 0.05) is 0 Å². The third-order valence-electron chi connectivity index (χ3n) is 2.57. The second kappa shape index (κ2) is 4.61. The SMILES string of the molecule is CC1(C)NC(=O)[C@@H](CCCCN)NC1=O. The summed E-state index contributed by atoms with van der Waals surface area (Å²) in [5.74, 6) is -0.225. The number of nitrogens with one attached hydrogen (secondary N) is 2. The number of amides is 2. The lowest BCUT2D eigenvalue weighted by molar-refractivity contribution is -0.140. The zero-order valence-electron chi connectivity index (χ0n) is 9.30. The van der Waals surface area contributed by atoms with Gasteiger partial charge in [-0.3, -0.25) is 9.59 Å². The van der Waals surface area contributed by atoms with E-state index in [1.54, 1.807) is 13.8 Å². The highest BCUT2D eigenvalue weighted by molar-refractivity contribution is 5.99. The van der Waals surface area contributed by atoms with Crippen molar-refractivity contribution in [2.75, 3.05) is 6.54 Å². The van der Waals surface area contributed by atoms with Crippen LogP contribution in [-0.4, -0.2) is 29.9 Å². The predicted octanol–water partition coefficient (Wildman–Crippen LogP) is -0.491. The van der Waals surface area contributed by atoms with E-state index in [4.69, 9.17) is 5.73 Å². The quantitative estimate of drug-likeness (QED) is 0.551. The standard InChI is InChI=1S/C10H19N3O2/c1-10(2)9(15)12-7(8(14)13-10)5-3-4-6-11/h7H,3-6,11H2,1-2H3,(H,12,15)(H,13,14)/t7-/m1/s1. The summed E-state index contributed by atoms with van der Waals surface area (Å²) in [5.41, 5.74) is 4.57. The molecule has 0 spiro atoms. The van der Waals surface area contributed by atoms with Gasteiger partial charge in [-0.25, -0.2) is 0 Å². The summed E-state index contributed by atoms with van der Waals surface area (Å²) in [4.78, 5) is 23.1. The molecule has 1 heterocycles. The molecule has 0 saturated carbocycles. The summed E-state index contributed by atoms with van der Waals surface area (Å²) in [6, 6.07) is -0.392. The van der Waals surface area contributed by atoms with Gasteiger partial charge < -0.3 is 16.4 Å². The summed E-state index contributed by atoms with van der Waals surface area (Å²) in [7, 11) is 0. The highest BCUT2D eigenvalue weighted by Gasteiger charge is 2.38. The molecule has 1 aliphatic heterocycles. The normalized spacial score (nSPS) is 24.6. The van der Waals surface area contributed by atoms with Crippen LogP contribution in [0.5, 0.6) is 0 Å². The lowest BCUT2D eigenvalue weighted by Crippen LogP contribution is -2.66. The zero-order valence-corrected chi connectivity index (χ0v) is 9.30. The highest BCUT2D eigenvalue weighted by atomic mass is 16.2. The molecule has 5 heteroatoms. The Balaban J connectivity index is 2.48. The summed E-state index contributed by atoms with van der Waals surface area (Å²) in [6.07, 6.45) is 2.39. The molecular weight excluding hydrogens is 194 g/mol. The van der Waals surface area contributed by atoms with Crippen LogP contribution in [-0.2, 0) is 9.59 Å². The first-order valence-electron chi connectivity index (χ1n) is 5.30. The van der Waals surface area contributed by atoms with Crippen molar-refractivity contribution in [1.82, 2.24) is 10.6 Å². The van der Waals surface area contributed by atoms with Crippen molar-refractivity contribution < 1.29 is 9.59 Å². The van der Waals surface area contributed by atoms with Gasteiger partial charge in [0.05, 0.1) is 0 Å². The number of unbranched alkanes of at least 4 members (excludes halogenated alkanes) is 1. The molecular formula is C10H19N3O2. The minimum absolute atomic E-state index is 0.100. The maximum Gasteiger partial charge on any atom is 0.245 e. The van der Waals surface area contributed by atoms with Gasteiger partial charge in [-0.15, -0.1) is 0 Å². The third-order valence-corrected chi connectivity index (χ3v) is 2.57. The zero-order chi connectivity index (χ0) is 11.5. The van der Waals surface area contributed by atoms with Gasteiger partial charge in [-0.05, 0) is 39.7 Å². The average molecular weight is 213 g/mol. The van der Waals surface area contributed by atoms with Crippen LogP contribution in [0, 0.1) is 0 Å². The van der Waals surface area contributed by atoms with Crippen molar-refractivity contribution in [3.63, 3.8) is 0 Å². The second-order valence-corrected chi connectivity index (χ2v) is 4.42. The molecule has 1 fully saturated rings. The van der Waals surface area contributed by atoms with E-state index in [1.165, 1.54) is 0 Å². The molecule has 0 unspecified atom stereocenters. The molecule has 1 atom stereocenters. The maximum atomic E-state index is 11.6. The Morgan fingerprint density at radius 1 is 1.33 bits per heavy atom. The van der Waals surface area contributed by atoms with Gasteiger partial charge in [0.2, 0.25) is 11.8 Å². The molecule has 15 heavy (non-hydrogen) atoms. The highest BCUT2D eigenvalue weighted by Crippen LogP contribution is 2.12. The number of carbonyl (C=O) groups is 2. The van der Waals surface area contributed by atoms with Crippen LogP contribution in [0.15, 0.2) is 0 Å². The Labute approximate surface area is 89.8 Å². The molecule has 1 aliphatic rings. The fourth-order valence-electron chi connectivity index (χ4n) is 1.55. The largest absolute Gasteiger partial charge is 0.342 e. The first-order chi connectivity index (χ1) is 6.97. The Kier molecular flexibility index (Phi) is 3.68. The van der Waals surface area contributed by atoms with Crippen molar-refractivity contribution in [3.05, 3.63) is 0 Å². The third kappa shape index (κ3) is 2.92. The van der Waals surface area contributed by atoms with Crippen molar-refractivity contribution in [3.8, 4) is 0 Å². The Bertz CT molecular complexity index is 263. The van der Waals surface area contributed by atoms with E-state index < -0.39 is 11.6 Å². The molecule has 4 N–H and O–H groups in total. The number of hydrogen-bond acceptors (Lipinski definition) is 3. The van der Waals surface area contributed by atoms with E-state index >= 15 is 0 Å². The lowest BCUT2D eigenvalue weighted by Gasteiger charge is -2.34. The number of hydrogen-bond donors (Lipinski definition) is 3. The van der Waals surface area contributed by atoms with E-state index in [9.17, 15) is 9.59 Å². The van der Waals surface area contributed by atoms with Crippen LogP contribution >= 0.6 is 0 Å². The van der Waals surface area contributed by atoms with Crippen LogP contribution in [0.2, 0.25) is 0 Å². The summed E-state index contributed by atoms with van der Waals surface area (Å²) >= 11 is 0. The molecule has 2 amide bonds. The van der Waals surface area contributed by atoms with Crippen LogP contribution < -0.4 is 16.4 Å². The van der Waals surface area contributed by atoms with Crippen LogP contribution in [0.3, 0.4) is 0 Å². The minimum atomic E-state index is -0.790. The smallest absolute Gasteiger partial charge is 0.245 e. The summed E-state index contributed by atoms with van der Waals surface area (Å²) in [6.45, 7) is 4.00. The number of carbonyl (C=O) groups excluding carboxylic acids is 2. The molecule has 0 aliphatic carbocycles. The molecule has 0 aromatic heterocycles. The summed E-state index contributed by atoms with van der Waals surface area (Å²) < 4.78 is 0. The molecule has 1 rings (SSSR count). The average Bonchev–Trinajstić information content (AvgIpc) is 2.13. The number of nitrogens with two attached hydrogens (primary N) is 1. The maximum absolute atomic E-state index is 11.6. The first-order valence-corrected chi connectivity index (χ1v) is 5.30. The lowest BCUT2D eigenvalue weighted by atomic mass is 9.97. The fraction of sp³-hybridized carbons (Fsp3) is 0.800. The summed E-state index contributed by atoms with van der Waals surface area (Å²) in [5, 5.41) is 5.42. The van der Waals surface area contributed by atoms with E-state index in [-0.39, 0.29) is 11.8 Å². The molecule has 1 saturated heterocycles. The first kappa shape index (κ1) is 12.0. The topological polar surface area (TPSA) is 84.2 Å². The van der Waals surface area contributed by atoms with Crippen molar-refractivity contribution in [2.24, 2.45) is 5.73 Å². The monoisotopic (exact) mass is 213 g/mol. The van der Waals surface area contributed by atoms with Gasteiger partial charge in [-0.2, -0.15) is 0 Å². The molecule has 0 radical (unpaired) electrons. The van der Waals surface area contributed by atoms with Gasteiger partial charge in [0.1, 0.15) is 11.6 Å². The van der Waals surface area contributed by atoms with Crippen molar-refractivity contribution >= 4 is 11.8 Å². The van der Waals surface area contributed by atoms with E-state index in [2.05, 4.69) is 10.6 Å². The minimum Gasteiger partial charge on any atom is -0.342 e. The predicted molar refractivity (Wildman–Crippen MR) is 57.1 cm³/mol. The van der Waals surface area contributed by atoms with Gasteiger partial charge >= 0.3 is 0 Å². The Morgan fingerprint density at radius 2 is 2.00 bits per heavy atom. The second-order valence-electron chi connectivity index (χ2n) is 4.42. The van der Waals surface area contributed by atoms with Crippen LogP contribution in [0.25, 0.3) is 0 Å². The number of piperazine rings is 1. The van der Waals surface area contributed by atoms with Crippen molar-refractivity contribution in [1.29, 1.82) is 0 Å². The molecule has 5 nitrogen and oxygen atoms in total. The van der Waals surface area contributed by atoms with Gasteiger partial charge in [0.15, 0.2) is 0 Å². The van der Waals surface area contributed by atoms with E-state index in [1.807, 2.05) is 0 Å². The molecule has 0 aromatic carbocycles. The van der Waals surface area contributed by atoms with Crippen molar-refractivity contribution in [2.45, 2.75) is 44.7 Å². The number of rotatable bonds is 4. The Hall–Kier alpha value is -1.10. The van der Waals surface area contributed by atoms with E-state index in [0.29, 0.717) is 13.0 Å². The van der Waals surface area contributed by atoms with Gasteiger partial charge in [-0.1, -0.05) is 0 Å². The van der Waals surface area contributed by atoms with E-state index in [0.717, 1.165) is 12.8 Å². The van der Waals surface area contributed by atoms with Gasteiger partial charge in [0.25, 0.3) is 0 Å². The molecule has 0 aromatic rings. The van der Waals surface area contributed by atoms with Crippen LogP contribution in [0.4, 0.5) is 0 Å². The molecule has 86 valence electrons. The Morgan fingerprint density at radius 3 is 2.60 bits per heavy atom. The fourth-order valence-corrected chi connectivity index (χ4v) is 1.55. The van der Waals surface area contributed by atoms with Crippen LogP contribution in [0.1, 0.15) is 33.1 Å². The molecule has 0 bridgehead atoms.